The van der Waals surface area contributed by atoms with E-state index in [2.05, 4.69) is 18.1 Å². The molecule has 3 aliphatic rings. The van der Waals surface area contributed by atoms with Gasteiger partial charge in [-0.25, -0.2) is 17.5 Å². The van der Waals surface area contributed by atoms with Crippen LogP contribution >= 0.6 is 0 Å². The van der Waals surface area contributed by atoms with Crippen LogP contribution in [0.3, 0.4) is 0 Å². The van der Waals surface area contributed by atoms with Crippen LogP contribution in [0.2, 0.25) is 0 Å². The summed E-state index contributed by atoms with van der Waals surface area (Å²) in [4.78, 5) is 11.7. The summed E-state index contributed by atoms with van der Waals surface area (Å²) in [7, 11) is -3.84. The van der Waals surface area contributed by atoms with E-state index in [9.17, 15) is 17.6 Å². The fraction of sp³-hybridized carbons (Fsp3) is 0.400. The van der Waals surface area contributed by atoms with Crippen molar-refractivity contribution in [2.24, 2.45) is 17.1 Å². The van der Waals surface area contributed by atoms with E-state index >= 15 is 0 Å². The average molecular weight is 565 g/mol. The van der Waals surface area contributed by atoms with Gasteiger partial charge in [0.2, 0.25) is 15.9 Å². The van der Waals surface area contributed by atoms with Gasteiger partial charge in [-0.3, -0.25) is 4.79 Å². The molecule has 40 heavy (non-hydrogen) atoms. The van der Waals surface area contributed by atoms with Gasteiger partial charge in [-0.05, 0) is 104 Å². The Bertz CT molecular complexity index is 1560. The second kappa shape index (κ2) is 10.2. The van der Waals surface area contributed by atoms with Crippen molar-refractivity contribution in [2.45, 2.75) is 50.0 Å². The Morgan fingerprint density at radius 3 is 2.58 bits per heavy atom. The highest BCUT2D eigenvalue weighted by Crippen LogP contribution is 2.53. The van der Waals surface area contributed by atoms with Crippen LogP contribution in [0.15, 0.2) is 65.2 Å². The van der Waals surface area contributed by atoms with Gasteiger partial charge in [0.1, 0.15) is 5.82 Å². The fourth-order valence-electron chi connectivity index (χ4n) is 6.49. The minimum Gasteiger partial charge on any atom is -0.377 e. The topological polar surface area (TPSA) is 108 Å². The number of rotatable bonds is 8. The molecule has 1 aliphatic heterocycles. The van der Waals surface area contributed by atoms with Crippen LogP contribution in [-0.4, -0.2) is 54.2 Å². The zero-order chi connectivity index (χ0) is 28.1. The molecule has 3 aromatic rings. The standard InChI is InChI=1S/C30H33FN4O4S/c1-30-16-21-17-33-35(25-10-8-24(31)9-11-25)28(21)15-22(30)6-7-23(30)18-34(19-26-3-2-14-39-26)40(37,38)27-12-4-20(5-13-27)29(32)36/h4-5,8-13,15,17,23,26H,2-3,6-7,14,16,18-19H2,1H3,(H2,32,36)/t23-,26?,30+/m1/s1. The predicted octanol–water partition coefficient (Wildman–Crippen LogP) is 4.34. The predicted molar refractivity (Wildman–Crippen MR) is 149 cm³/mol. The van der Waals surface area contributed by atoms with Gasteiger partial charge in [0.25, 0.3) is 0 Å². The zero-order valence-corrected chi connectivity index (χ0v) is 23.2. The van der Waals surface area contributed by atoms with Crippen LogP contribution in [0, 0.1) is 17.2 Å². The van der Waals surface area contributed by atoms with E-state index in [4.69, 9.17) is 10.5 Å². The van der Waals surface area contributed by atoms with Gasteiger partial charge in [0.15, 0.2) is 0 Å². The number of sulfonamides is 1. The maximum atomic E-state index is 13.9. The number of allylic oxidation sites excluding steroid dienone is 1. The Morgan fingerprint density at radius 2 is 1.90 bits per heavy atom. The second-order valence-corrected chi connectivity index (χ2v) is 13.2. The van der Waals surface area contributed by atoms with Gasteiger partial charge in [0.05, 0.1) is 28.6 Å². The van der Waals surface area contributed by atoms with Crippen molar-refractivity contribution in [3.05, 3.63) is 82.9 Å². The first-order valence-corrected chi connectivity index (χ1v) is 15.1. The molecule has 1 saturated heterocycles. The number of hydrogen-bond donors (Lipinski definition) is 1. The number of nitrogens with zero attached hydrogens (tertiary/aromatic N) is 3. The van der Waals surface area contributed by atoms with E-state index in [1.807, 2.05) is 10.9 Å². The van der Waals surface area contributed by atoms with E-state index in [1.54, 1.807) is 16.4 Å². The van der Waals surface area contributed by atoms with Crippen molar-refractivity contribution < 1.29 is 22.3 Å². The molecule has 1 amide bonds. The summed E-state index contributed by atoms with van der Waals surface area (Å²) in [5.41, 5.74) is 9.59. The summed E-state index contributed by atoms with van der Waals surface area (Å²) in [6.45, 7) is 3.53. The van der Waals surface area contributed by atoms with E-state index < -0.39 is 15.9 Å². The quantitative estimate of drug-likeness (QED) is 0.438. The van der Waals surface area contributed by atoms with Crippen molar-refractivity contribution in [1.29, 1.82) is 0 Å². The third kappa shape index (κ3) is 4.78. The van der Waals surface area contributed by atoms with Crippen LogP contribution in [0.1, 0.15) is 54.2 Å². The maximum absolute atomic E-state index is 13.9. The highest BCUT2D eigenvalue weighted by Gasteiger charge is 2.47. The average Bonchev–Trinajstić information content (AvgIpc) is 3.67. The number of nitrogens with two attached hydrogens (primary N) is 1. The molecule has 210 valence electrons. The van der Waals surface area contributed by atoms with Gasteiger partial charge in [0, 0.05) is 25.3 Å². The van der Waals surface area contributed by atoms with Crippen molar-refractivity contribution in [3.63, 3.8) is 0 Å². The second-order valence-electron chi connectivity index (χ2n) is 11.3. The minimum atomic E-state index is -3.84. The van der Waals surface area contributed by atoms with Crippen molar-refractivity contribution in [2.75, 3.05) is 19.7 Å². The number of amides is 1. The van der Waals surface area contributed by atoms with Gasteiger partial charge in [-0.15, -0.1) is 0 Å². The molecule has 0 radical (unpaired) electrons. The molecule has 0 spiro atoms. The molecule has 2 aliphatic carbocycles. The lowest BCUT2D eigenvalue weighted by atomic mass is 9.70. The lowest BCUT2D eigenvalue weighted by Crippen LogP contribution is -2.43. The summed E-state index contributed by atoms with van der Waals surface area (Å²) in [6.07, 6.45) is 8.15. The van der Waals surface area contributed by atoms with Crippen LogP contribution in [0.5, 0.6) is 0 Å². The summed E-state index contributed by atoms with van der Waals surface area (Å²) < 4.78 is 50.6. The van der Waals surface area contributed by atoms with Crippen molar-refractivity contribution in [3.8, 4) is 5.69 Å². The zero-order valence-electron chi connectivity index (χ0n) is 22.4. The smallest absolute Gasteiger partial charge is 0.248 e. The van der Waals surface area contributed by atoms with Crippen LogP contribution in [-0.2, 0) is 21.2 Å². The lowest BCUT2D eigenvalue weighted by molar-refractivity contribution is 0.0863. The molecular weight excluding hydrogens is 531 g/mol. The lowest BCUT2D eigenvalue weighted by Gasteiger charge is -2.38. The molecular formula is C30H33FN4O4S. The number of carbonyl (C=O) groups is 1. The molecule has 2 heterocycles. The fourth-order valence-corrected chi connectivity index (χ4v) is 8.00. The van der Waals surface area contributed by atoms with E-state index in [-0.39, 0.29) is 33.7 Å². The Balaban J connectivity index is 1.29. The summed E-state index contributed by atoms with van der Waals surface area (Å²) in [5.74, 6) is -0.791. The molecule has 1 unspecified atom stereocenters. The number of primary amides is 1. The minimum absolute atomic E-state index is 0.0992. The summed E-state index contributed by atoms with van der Waals surface area (Å²) in [6, 6.07) is 12.1. The molecule has 0 bridgehead atoms. The molecule has 3 atom stereocenters. The Labute approximate surface area is 233 Å². The van der Waals surface area contributed by atoms with Gasteiger partial charge in [-0.2, -0.15) is 9.40 Å². The number of hydrogen-bond acceptors (Lipinski definition) is 5. The van der Waals surface area contributed by atoms with Gasteiger partial charge in [-0.1, -0.05) is 12.5 Å². The monoisotopic (exact) mass is 564 g/mol. The number of benzene rings is 2. The van der Waals surface area contributed by atoms with Crippen molar-refractivity contribution in [1.82, 2.24) is 14.1 Å². The Morgan fingerprint density at radius 1 is 1.15 bits per heavy atom. The number of ether oxygens (including phenoxy) is 1. The van der Waals surface area contributed by atoms with Crippen LogP contribution in [0.25, 0.3) is 11.8 Å². The Hall–Kier alpha value is -3.34. The summed E-state index contributed by atoms with van der Waals surface area (Å²) >= 11 is 0. The highest BCUT2D eigenvalue weighted by atomic mass is 32.2. The number of aromatic nitrogens is 2. The molecule has 2 N–H and O–H groups in total. The number of halogens is 1. The Kier molecular flexibility index (Phi) is 6.88. The molecule has 1 saturated carbocycles. The van der Waals surface area contributed by atoms with E-state index in [0.29, 0.717) is 19.7 Å². The largest absolute Gasteiger partial charge is 0.377 e. The third-order valence-corrected chi connectivity index (χ3v) is 10.7. The normalized spacial score (nSPS) is 24.1. The third-order valence-electron chi connectivity index (χ3n) is 8.85. The van der Waals surface area contributed by atoms with E-state index in [1.165, 1.54) is 42.0 Å². The maximum Gasteiger partial charge on any atom is 0.248 e. The first-order chi connectivity index (χ1) is 19.1. The van der Waals surface area contributed by atoms with Crippen molar-refractivity contribution >= 4 is 22.0 Å². The van der Waals surface area contributed by atoms with E-state index in [0.717, 1.165) is 49.0 Å². The molecule has 2 aromatic carbocycles. The van der Waals surface area contributed by atoms with Crippen LogP contribution < -0.4 is 5.73 Å². The number of fused-ring (bicyclic) bond motifs is 2. The molecule has 8 nitrogen and oxygen atoms in total. The van der Waals surface area contributed by atoms with Gasteiger partial charge < -0.3 is 10.5 Å². The number of carbonyl (C=O) groups excluding carboxylic acids is 1. The first kappa shape index (κ1) is 26.9. The molecule has 2 fully saturated rings. The van der Waals surface area contributed by atoms with Crippen LogP contribution in [0.4, 0.5) is 4.39 Å². The molecule has 6 rings (SSSR count). The molecule has 1 aromatic heterocycles. The first-order valence-electron chi connectivity index (χ1n) is 13.7. The summed E-state index contributed by atoms with van der Waals surface area (Å²) in [5, 5.41) is 4.60. The van der Waals surface area contributed by atoms with Gasteiger partial charge >= 0.3 is 0 Å². The highest BCUT2D eigenvalue weighted by molar-refractivity contribution is 7.89. The molecule has 10 heteroatoms. The SMILES string of the molecule is C[C@]12Cc3cnn(-c4ccc(F)cc4)c3C=C1CC[C@@H]2CN(CC1CCCO1)S(=O)(=O)c1ccc(C(N)=O)cc1.